The second-order valence-electron chi connectivity index (χ2n) is 6.89. The zero-order valence-corrected chi connectivity index (χ0v) is 16.8. The van der Waals surface area contributed by atoms with Crippen molar-refractivity contribution in [1.29, 1.82) is 0 Å². The summed E-state index contributed by atoms with van der Waals surface area (Å²) in [5, 5.41) is 1.81. The Kier molecular flexibility index (Phi) is 4.54. The van der Waals surface area contributed by atoms with E-state index in [0.29, 0.717) is 10.7 Å². The van der Waals surface area contributed by atoms with Gasteiger partial charge in [-0.25, -0.2) is 9.78 Å². The van der Waals surface area contributed by atoms with Gasteiger partial charge in [-0.2, -0.15) is 0 Å². The van der Waals surface area contributed by atoms with Gasteiger partial charge in [-0.3, -0.25) is 23.7 Å². The van der Waals surface area contributed by atoms with Gasteiger partial charge in [-0.05, 0) is 32.9 Å². The molecule has 1 aliphatic heterocycles. The number of carbonyl (C=O) groups excluding carboxylic acids is 3. The van der Waals surface area contributed by atoms with Gasteiger partial charge in [-0.1, -0.05) is 11.6 Å². The lowest BCUT2D eigenvalue weighted by Gasteiger charge is -2.20. The number of fused-ring (bicyclic) bond motifs is 2. The molecule has 1 atom stereocenters. The Bertz CT molecular complexity index is 1240. The number of aromatic nitrogens is 2. The predicted octanol–water partition coefficient (Wildman–Crippen LogP) is 2.10. The van der Waals surface area contributed by atoms with Crippen LogP contribution in [0.1, 0.15) is 44.6 Å². The standard InChI is InChI=1S/C20H17N3O5S/c1-10-4-5-14-15(6-10)18(26)23(17(14)25)12(3)19(27)28-8-13-7-16(24)22-11(2)9-29-20(22)21-13/h4-7,9,12H,8H2,1-3H3. The highest BCUT2D eigenvalue weighted by molar-refractivity contribution is 7.15. The Labute approximate surface area is 169 Å². The fraction of sp³-hybridized carbons (Fsp3) is 0.250. The average Bonchev–Trinajstić information content (AvgIpc) is 3.17. The summed E-state index contributed by atoms with van der Waals surface area (Å²) in [4.78, 5) is 55.6. The van der Waals surface area contributed by atoms with Gasteiger partial charge in [0.15, 0.2) is 4.96 Å². The van der Waals surface area contributed by atoms with E-state index in [9.17, 15) is 19.2 Å². The molecule has 1 aliphatic rings. The van der Waals surface area contributed by atoms with Crippen LogP contribution in [0.15, 0.2) is 34.4 Å². The van der Waals surface area contributed by atoms with Crippen molar-refractivity contribution in [3.8, 4) is 0 Å². The quantitative estimate of drug-likeness (QED) is 0.482. The third kappa shape index (κ3) is 3.13. The number of ether oxygens (including phenoxy) is 1. The lowest BCUT2D eigenvalue weighted by Crippen LogP contribution is -2.43. The van der Waals surface area contributed by atoms with Gasteiger partial charge >= 0.3 is 5.97 Å². The number of amides is 2. The molecule has 0 bridgehead atoms. The lowest BCUT2D eigenvalue weighted by atomic mass is 10.1. The summed E-state index contributed by atoms with van der Waals surface area (Å²) in [5.74, 6) is -1.80. The van der Waals surface area contributed by atoms with Gasteiger partial charge in [0.25, 0.3) is 17.4 Å². The van der Waals surface area contributed by atoms with E-state index in [0.717, 1.165) is 16.2 Å². The van der Waals surface area contributed by atoms with E-state index in [1.54, 1.807) is 25.1 Å². The minimum absolute atomic E-state index is 0.228. The van der Waals surface area contributed by atoms with Crippen molar-refractivity contribution in [3.05, 3.63) is 68.1 Å². The monoisotopic (exact) mass is 411 g/mol. The first-order valence-electron chi connectivity index (χ1n) is 8.90. The molecule has 1 aromatic carbocycles. The van der Waals surface area contributed by atoms with Crippen LogP contribution < -0.4 is 5.56 Å². The van der Waals surface area contributed by atoms with Crippen LogP contribution >= 0.6 is 11.3 Å². The summed E-state index contributed by atoms with van der Waals surface area (Å²) >= 11 is 1.31. The van der Waals surface area contributed by atoms with Crippen LogP contribution in [0.4, 0.5) is 0 Å². The maximum absolute atomic E-state index is 12.6. The summed E-state index contributed by atoms with van der Waals surface area (Å²) in [5.41, 5.74) is 2.22. The van der Waals surface area contributed by atoms with E-state index in [-0.39, 0.29) is 23.3 Å². The minimum Gasteiger partial charge on any atom is -0.458 e. The number of hydrogen-bond donors (Lipinski definition) is 0. The number of carbonyl (C=O) groups is 3. The van der Waals surface area contributed by atoms with Crippen LogP contribution in [0.25, 0.3) is 4.96 Å². The Balaban J connectivity index is 1.50. The van der Waals surface area contributed by atoms with Gasteiger partial charge in [-0.15, -0.1) is 11.3 Å². The Morgan fingerprint density at radius 1 is 1.14 bits per heavy atom. The van der Waals surface area contributed by atoms with Gasteiger partial charge in [0, 0.05) is 17.1 Å². The Morgan fingerprint density at radius 3 is 2.62 bits per heavy atom. The molecule has 0 aliphatic carbocycles. The maximum atomic E-state index is 12.6. The number of imide groups is 1. The number of esters is 1. The van der Waals surface area contributed by atoms with Crippen molar-refractivity contribution < 1.29 is 19.1 Å². The van der Waals surface area contributed by atoms with Gasteiger partial charge < -0.3 is 4.74 Å². The third-order valence-electron chi connectivity index (χ3n) is 4.79. The summed E-state index contributed by atoms with van der Waals surface area (Å²) < 4.78 is 6.71. The first-order chi connectivity index (χ1) is 13.8. The number of aryl methyl sites for hydroxylation is 2. The number of rotatable bonds is 4. The molecule has 3 aromatic rings. The highest BCUT2D eigenvalue weighted by Gasteiger charge is 2.41. The first kappa shape index (κ1) is 19.0. The van der Waals surface area contributed by atoms with E-state index in [4.69, 9.17) is 4.74 Å². The van der Waals surface area contributed by atoms with E-state index < -0.39 is 23.8 Å². The summed E-state index contributed by atoms with van der Waals surface area (Å²) in [7, 11) is 0. The average molecular weight is 411 g/mol. The topological polar surface area (TPSA) is 98.1 Å². The summed E-state index contributed by atoms with van der Waals surface area (Å²) in [6, 6.07) is 5.15. The molecule has 3 heterocycles. The fourth-order valence-corrected chi connectivity index (χ4v) is 4.16. The molecule has 9 heteroatoms. The zero-order valence-electron chi connectivity index (χ0n) is 16.0. The minimum atomic E-state index is -1.10. The zero-order chi connectivity index (χ0) is 20.9. The number of benzene rings is 1. The first-order valence-corrected chi connectivity index (χ1v) is 9.78. The van der Waals surface area contributed by atoms with Crippen LogP contribution in [0, 0.1) is 13.8 Å². The van der Waals surface area contributed by atoms with Gasteiger partial charge in [0.05, 0.1) is 16.8 Å². The van der Waals surface area contributed by atoms with Crippen LogP contribution in [-0.2, 0) is 16.1 Å². The van der Waals surface area contributed by atoms with Crippen molar-refractivity contribution in [2.24, 2.45) is 0 Å². The smallest absolute Gasteiger partial charge is 0.329 e. The third-order valence-corrected chi connectivity index (χ3v) is 5.74. The molecule has 0 saturated carbocycles. The van der Waals surface area contributed by atoms with Gasteiger partial charge in [0.2, 0.25) is 0 Å². The molecular weight excluding hydrogens is 394 g/mol. The van der Waals surface area contributed by atoms with Crippen LogP contribution in [0.5, 0.6) is 0 Å². The number of hydrogen-bond acceptors (Lipinski definition) is 7. The number of thiazole rings is 1. The molecular formula is C20H17N3O5S. The van der Waals surface area contributed by atoms with Crippen LogP contribution in [-0.4, -0.2) is 38.1 Å². The fourth-order valence-electron chi connectivity index (χ4n) is 3.27. The molecule has 2 amide bonds. The molecule has 148 valence electrons. The van der Waals surface area contributed by atoms with E-state index in [1.807, 2.05) is 12.3 Å². The van der Waals surface area contributed by atoms with E-state index in [1.165, 1.54) is 28.7 Å². The van der Waals surface area contributed by atoms with E-state index >= 15 is 0 Å². The Morgan fingerprint density at radius 2 is 1.86 bits per heavy atom. The molecule has 4 rings (SSSR count). The van der Waals surface area contributed by atoms with E-state index in [2.05, 4.69) is 4.98 Å². The molecule has 8 nitrogen and oxygen atoms in total. The molecule has 2 aromatic heterocycles. The molecule has 1 unspecified atom stereocenters. The second-order valence-corrected chi connectivity index (χ2v) is 7.73. The van der Waals surface area contributed by atoms with Crippen molar-refractivity contribution in [2.75, 3.05) is 0 Å². The van der Waals surface area contributed by atoms with Crippen molar-refractivity contribution in [2.45, 2.75) is 33.4 Å². The molecule has 0 N–H and O–H groups in total. The number of nitrogens with zero attached hydrogens (tertiary/aromatic N) is 3. The lowest BCUT2D eigenvalue weighted by molar-refractivity contribution is -0.149. The highest BCUT2D eigenvalue weighted by atomic mass is 32.1. The largest absolute Gasteiger partial charge is 0.458 e. The molecule has 0 spiro atoms. The van der Waals surface area contributed by atoms with Crippen molar-refractivity contribution >= 4 is 34.1 Å². The highest BCUT2D eigenvalue weighted by Crippen LogP contribution is 2.26. The second kappa shape index (κ2) is 6.93. The SMILES string of the molecule is Cc1ccc2c(c1)C(=O)N(C(C)C(=O)OCc1cc(=O)n3c(C)csc3n1)C2=O. The summed E-state index contributed by atoms with van der Waals surface area (Å²) in [6.07, 6.45) is 0. The molecule has 0 saturated heterocycles. The summed E-state index contributed by atoms with van der Waals surface area (Å²) in [6.45, 7) is 4.83. The van der Waals surface area contributed by atoms with Crippen molar-refractivity contribution in [1.82, 2.24) is 14.3 Å². The predicted molar refractivity (Wildman–Crippen MR) is 105 cm³/mol. The van der Waals surface area contributed by atoms with Crippen LogP contribution in [0.3, 0.4) is 0 Å². The maximum Gasteiger partial charge on any atom is 0.329 e. The molecule has 0 radical (unpaired) electrons. The van der Waals surface area contributed by atoms with Gasteiger partial charge in [0.1, 0.15) is 12.6 Å². The Hall–Kier alpha value is -3.33. The van der Waals surface area contributed by atoms with Crippen molar-refractivity contribution in [3.63, 3.8) is 0 Å². The molecule has 0 fully saturated rings. The molecule has 29 heavy (non-hydrogen) atoms. The normalized spacial score (nSPS) is 14.4. The van der Waals surface area contributed by atoms with Crippen LogP contribution in [0.2, 0.25) is 0 Å².